The fourth-order valence-electron chi connectivity index (χ4n) is 3.11. The van der Waals surface area contributed by atoms with E-state index < -0.39 is 30.2 Å². The summed E-state index contributed by atoms with van der Waals surface area (Å²) in [6, 6.07) is 16.4. The van der Waals surface area contributed by atoms with Crippen molar-refractivity contribution in [3.05, 3.63) is 87.6 Å². The van der Waals surface area contributed by atoms with Crippen molar-refractivity contribution >= 4 is 52.2 Å². The van der Waals surface area contributed by atoms with Gasteiger partial charge in [0.2, 0.25) is 5.91 Å². The number of anilines is 1. The maximum Gasteiger partial charge on any atom is 0.329 e. The summed E-state index contributed by atoms with van der Waals surface area (Å²) in [5.74, 6) is -1.92. The SMILES string of the molecule is O=C(CN1C(=O)N/C(=C/c2cccn2-c2ccc(I)cc2)C1=O)Nc1ccccc1F. The van der Waals surface area contributed by atoms with Gasteiger partial charge in [0, 0.05) is 21.1 Å². The molecule has 2 heterocycles. The third-order valence-corrected chi connectivity index (χ3v) is 5.31. The lowest BCUT2D eigenvalue weighted by Crippen LogP contribution is -2.38. The topological polar surface area (TPSA) is 83.4 Å². The van der Waals surface area contributed by atoms with Gasteiger partial charge in [-0.25, -0.2) is 14.1 Å². The highest BCUT2D eigenvalue weighted by Gasteiger charge is 2.35. The first-order chi connectivity index (χ1) is 14.9. The van der Waals surface area contributed by atoms with Gasteiger partial charge >= 0.3 is 6.03 Å². The smallest absolute Gasteiger partial charge is 0.322 e. The van der Waals surface area contributed by atoms with Crippen LogP contribution in [0.5, 0.6) is 0 Å². The number of nitrogens with zero attached hydrogens (tertiary/aromatic N) is 2. The molecule has 2 N–H and O–H groups in total. The summed E-state index contributed by atoms with van der Waals surface area (Å²) in [4.78, 5) is 38.0. The van der Waals surface area contributed by atoms with Crippen LogP contribution in [0, 0.1) is 9.39 Å². The second-order valence-corrected chi connectivity index (χ2v) is 7.93. The van der Waals surface area contributed by atoms with Crippen LogP contribution in [0.1, 0.15) is 5.69 Å². The lowest BCUT2D eigenvalue weighted by molar-refractivity contribution is -0.127. The standard InChI is InChI=1S/C22H16FIN4O3/c23-17-5-1-2-6-18(17)25-20(29)13-28-21(30)19(26-22(28)31)12-16-4-3-11-27(16)15-9-7-14(24)8-10-15/h1-12H,13H2,(H,25,29)(H,26,31)/b19-12+. The van der Waals surface area contributed by atoms with Crippen molar-refractivity contribution < 1.29 is 18.8 Å². The molecule has 1 aliphatic heterocycles. The average molecular weight is 530 g/mol. The molecular weight excluding hydrogens is 514 g/mol. The Kier molecular flexibility index (Phi) is 5.85. The normalized spacial score (nSPS) is 14.8. The Morgan fingerprint density at radius 1 is 1.06 bits per heavy atom. The summed E-state index contributed by atoms with van der Waals surface area (Å²) in [6.07, 6.45) is 3.39. The van der Waals surface area contributed by atoms with E-state index in [1.54, 1.807) is 18.2 Å². The monoisotopic (exact) mass is 530 g/mol. The maximum atomic E-state index is 13.7. The number of carbonyl (C=O) groups excluding carboxylic acids is 3. The van der Waals surface area contributed by atoms with E-state index in [2.05, 4.69) is 33.2 Å². The molecule has 0 radical (unpaired) electrons. The number of carbonyl (C=O) groups is 3. The number of rotatable bonds is 5. The van der Waals surface area contributed by atoms with Gasteiger partial charge in [-0.15, -0.1) is 0 Å². The van der Waals surface area contributed by atoms with E-state index in [4.69, 9.17) is 0 Å². The molecule has 1 aromatic heterocycles. The highest BCUT2D eigenvalue weighted by Crippen LogP contribution is 2.19. The number of imide groups is 1. The minimum Gasteiger partial charge on any atom is -0.322 e. The third-order valence-electron chi connectivity index (χ3n) is 4.59. The van der Waals surface area contributed by atoms with E-state index in [-0.39, 0.29) is 11.4 Å². The van der Waals surface area contributed by atoms with Crippen molar-refractivity contribution in [2.24, 2.45) is 0 Å². The molecule has 9 heteroatoms. The number of hydrogen-bond acceptors (Lipinski definition) is 3. The summed E-state index contributed by atoms with van der Waals surface area (Å²) >= 11 is 2.22. The molecule has 2 aromatic carbocycles. The molecule has 1 fully saturated rings. The molecule has 4 amide bonds. The maximum absolute atomic E-state index is 13.7. The lowest BCUT2D eigenvalue weighted by Gasteiger charge is -2.12. The minimum absolute atomic E-state index is 0.0225. The van der Waals surface area contributed by atoms with Crippen molar-refractivity contribution in [1.29, 1.82) is 0 Å². The van der Waals surface area contributed by atoms with Gasteiger partial charge in [0.1, 0.15) is 18.1 Å². The molecule has 4 rings (SSSR count). The molecule has 3 aromatic rings. The Morgan fingerprint density at radius 2 is 1.81 bits per heavy atom. The van der Waals surface area contributed by atoms with Gasteiger partial charge in [-0.05, 0) is 77.2 Å². The molecule has 1 saturated heterocycles. The fourth-order valence-corrected chi connectivity index (χ4v) is 3.47. The Bertz CT molecular complexity index is 1200. The molecule has 0 aliphatic carbocycles. The van der Waals surface area contributed by atoms with Crippen molar-refractivity contribution in [2.75, 3.05) is 11.9 Å². The van der Waals surface area contributed by atoms with Gasteiger partial charge in [0.05, 0.1) is 5.69 Å². The summed E-state index contributed by atoms with van der Waals surface area (Å²) < 4.78 is 16.7. The zero-order valence-corrected chi connectivity index (χ0v) is 18.2. The van der Waals surface area contributed by atoms with Crippen molar-refractivity contribution in [2.45, 2.75) is 0 Å². The van der Waals surface area contributed by atoms with Gasteiger partial charge in [0.25, 0.3) is 5.91 Å². The van der Waals surface area contributed by atoms with E-state index >= 15 is 0 Å². The molecule has 0 bridgehead atoms. The Morgan fingerprint density at radius 3 is 2.55 bits per heavy atom. The van der Waals surface area contributed by atoms with Gasteiger partial charge < -0.3 is 15.2 Å². The van der Waals surface area contributed by atoms with Crippen LogP contribution >= 0.6 is 22.6 Å². The Hall–Kier alpha value is -3.47. The summed E-state index contributed by atoms with van der Waals surface area (Å²) in [5.41, 5.74) is 1.61. The predicted molar refractivity (Wildman–Crippen MR) is 122 cm³/mol. The van der Waals surface area contributed by atoms with E-state index in [9.17, 15) is 18.8 Å². The van der Waals surface area contributed by atoms with E-state index in [0.717, 1.165) is 14.2 Å². The Labute approximate surface area is 190 Å². The highest BCUT2D eigenvalue weighted by molar-refractivity contribution is 14.1. The summed E-state index contributed by atoms with van der Waals surface area (Å²) in [7, 11) is 0. The molecule has 0 spiro atoms. The number of nitrogens with one attached hydrogen (secondary N) is 2. The van der Waals surface area contributed by atoms with Gasteiger partial charge in [-0.3, -0.25) is 9.59 Å². The van der Waals surface area contributed by atoms with Crippen LogP contribution in [0.2, 0.25) is 0 Å². The fraction of sp³-hybridized carbons (Fsp3) is 0.0455. The number of halogens is 2. The van der Waals surface area contributed by atoms with Crippen LogP contribution < -0.4 is 10.6 Å². The molecule has 0 unspecified atom stereocenters. The number of benzene rings is 2. The van der Waals surface area contributed by atoms with Crippen molar-refractivity contribution in [3.63, 3.8) is 0 Å². The quantitative estimate of drug-likeness (QED) is 0.300. The number of para-hydroxylation sites is 1. The first kappa shape index (κ1) is 20.8. The molecule has 0 saturated carbocycles. The largest absolute Gasteiger partial charge is 0.329 e. The number of hydrogen-bond donors (Lipinski definition) is 2. The van der Waals surface area contributed by atoms with Crippen LogP contribution in [0.4, 0.5) is 14.9 Å². The molecular formula is C22H16FIN4O3. The number of amides is 4. The number of aromatic nitrogens is 1. The average Bonchev–Trinajstić information content (AvgIpc) is 3.30. The highest BCUT2D eigenvalue weighted by atomic mass is 127. The molecule has 0 atom stereocenters. The summed E-state index contributed by atoms with van der Waals surface area (Å²) in [5, 5.41) is 4.85. The molecule has 1 aliphatic rings. The zero-order chi connectivity index (χ0) is 22.0. The molecule has 7 nitrogen and oxygen atoms in total. The predicted octanol–water partition coefficient (Wildman–Crippen LogP) is 3.75. The molecule has 156 valence electrons. The minimum atomic E-state index is -0.715. The van der Waals surface area contributed by atoms with E-state index in [0.29, 0.717) is 5.69 Å². The van der Waals surface area contributed by atoms with Crippen LogP contribution in [0.25, 0.3) is 11.8 Å². The number of urea groups is 1. The van der Waals surface area contributed by atoms with Crippen molar-refractivity contribution in [1.82, 2.24) is 14.8 Å². The van der Waals surface area contributed by atoms with Crippen LogP contribution in [-0.4, -0.2) is 33.9 Å². The van der Waals surface area contributed by atoms with E-state index in [1.165, 1.54) is 18.2 Å². The first-order valence-electron chi connectivity index (χ1n) is 9.24. The lowest BCUT2D eigenvalue weighted by atomic mass is 10.2. The third kappa shape index (κ3) is 4.50. The zero-order valence-electron chi connectivity index (χ0n) is 16.0. The van der Waals surface area contributed by atoms with Crippen LogP contribution in [0.15, 0.2) is 72.6 Å². The Balaban J connectivity index is 1.51. The van der Waals surface area contributed by atoms with Crippen molar-refractivity contribution in [3.8, 4) is 5.69 Å². The molecule has 31 heavy (non-hydrogen) atoms. The van der Waals surface area contributed by atoms with Crippen LogP contribution in [0.3, 0.4) is 0 Å². The van der Waals surface area contributed by atoms with Gasteiger partial charge in [0.15, 0.2) is 0 Å². The summed E-state index contributed by atoms with van der Waals surface area (Å²) in [6.45, 7) is -0.533. The second kappa shape index (κ2) is 8.72. The second-order valence-electron chi connectivity index (χ2n) is 6.69. The van der Waals surface area contributed by atoms with Gasteiger partial charge in [-0.1, -0.05) is 12.1 Å². The van der Waals surface area contributed by atoms with Gasteiger partial charge in [-0.2, -0.15) is 0 Å². The first-order valence-corrected chi connectivity index (χ1v) is 10.3. The van der Waals surface area contributed by atoms with Crippen LogP contribution in [-0.2, 0) is 9.59 Å². The van der Waals surface area contributed by atoms with E-state index in [1.807, 2.05) is 41.1 Å².